The van der Waals surface area contributed by atoms with Crippen LogP contribution in [0.1, 0.15) is 31.4 Å². The number of hydrogen-bond donors (Lipinski definition) is 1. The van der Waals surface area contributed by atoms with E-state index in [-0.39, 0.29) is 0 Å². The summed E-state index contributed by atoms with van der Waals surface area (Å²) in [5, 5.41) is 3.25. The highest BCUT2D eigenvalue weighted by molar-refractivity contribution is 5.07. The van der Waals surface area contributed by atoms with Crippen molar-refractivity contribution in [2.75, 3.05) is 7.05 Å². The fraction of sp³-hybridized carbons (Fsp3) is 0.600. The minimum absolute atomic E-state index is 0.321. The van der Waals surface area contributed by atoms with E-state index in [2.05, 4.69) is 29.1 Å². The molecule has 0 aromatic carbocycles. The molecule has 1 unspecified atom stereocenters. The molecule has 0 saturated heterocycles. The molecule has 0 aliphatic rings. The molecular formula is C10H17N3. The van der Waals surface area contributed by atoms with Gasteiger partial charge in [0.25, 0.3) is 0 Å². The molecule has 0 aliphatic carbocycles. The van der Waals surface area contributed by atoms with Crippen LogP contribution in [0.5, 0.6) is 0 Å². The van der Waals surface area contributed by atoms with E-state index in [0.717, 1.165) is 11.5 Å². The van der Waals surface area contributed by atoms with Crippen LogP contribution in [0.25, 0.3) is 0 Å². The van der Waals surface area contributed by atoms with Crippen molar-refractivity contribution in [2.24, 2.45) is 5.92 Å². The van der Waals surface area contributed by atoms with E-state index in [1.54, 1.807) is 0 Å². The van der Waals surface area contributed by atoms with Gasteiger partial charge >= 0.3 is 0 Å². The molecule has 0 fully saturated rings. The first kappa shape index (κ1) is 10.1. The van der Waals surface area contributed by atoms with Crippen molar-refractivity contribution in [2.45, 2.75) is 26.8 Å². The van der Waals surface area contributed by atoms with Crippen LogP contribution in [0.3, 0.4) is 0 Å². The Morgan fingerprint density at radius 2 is 2.08 bits per heavy atom. The number of rotatable bonds is 3. The largest absolute Gasteiger partial charge is 0.311 e. The normalized spacial score (nSPS) is 13.3. The highest BCUT2D eigenvalue weighted by Gasteiger charge is 2.14. The molecule has 0 spiro atoms. The molecule has 1 N–H and O–H groups in total. The van der Waals surface area contributed by atoms with Gasteiger partial charge in [0.15, 0.2) is 0 Å². The highest BCUT2D eigenvalue weighted by atomic mass is 14.9. The Bertz CT molecular complexity index is 271. The van der Waals surface area contributed by atoms with Gasteiger partial charge in [-0.2, -0.15) is 0 Å². The molecular weight excluding hydrogens is 162 g/mol. The molecule has 72 valence electrons. The van der Waals surface area contributed by atoms with Gasteiger partial charge in [0.2, 0.25) is 0 Å². The second-order valence-electron chi connectivity index (χ2n) is 3.54. The SMILES string of the molecule is CNC(c1ccnc(C)n1)C(C)C. The van der Waals surface area contributed by atoms with Crippen LogP contribution in [-0.2, 0) is 0 Å². The summed E-state index contributed by atoms with van der Waals surface area (Å²) < 4.78 is 0. The number of aromatic nitrogens is 2. The van der Waals surface area contributed by atoms with Crippen molar-refractivity contribution < 1.29 is 0 Å². The molecule has 13 heavy (non-hydrogen) atoms. The van der Waals surface area contributed by atoms with Crippen LogP contribution >= 0.6 is 0 Å². The number of nitrogens with zero attached hydrogens (tertiary/aromatic N) is 2. The van der Waals surface area contributed by atoms with E-state index in [1.807, 2.05) is 26.2 Å². The van der Waals surface area contributed by atoms with Crippen LogP contribution in [0.2, 0.25) is 0 Å². The molecule has 0 amide bonds. The molecule has 3 nitrogen and oxygen atoms in total. The van der Waals surface area contributed by atoms with E-state index in [0.29, 0.717) is 12.0 Å². The molecule has 3 heteroatoms. The molecule has 0 aliphatic heterocycles. The van der Waals surface area contributed by atoms with Gasteiger partial charge in [-0.15, -0.1) is 0 Å². The molecule has 0 bridgehead atoms. The second kappa shape index (κ2) is 4.33. The van der Waals surface area contributed by atoms with Gasteiger partial charge in [-0.3, -0.25) is 0 Å². The quantitative estimate of drug-likeness (QED) is 0.767. The Morgan fingerprint density at radius 1 is 1.38 bits per heavy atom. The van der Waals surface area contributed by atoms with Crippen molar-refractivity contribution in [3.05, 3.63) is 23.8 Å². The van der Waals surface area contributed by atoms with Gasteiger partial charge in [0.1, 0.15) is 5.82 Å². The minimum atomic E-state index is 0.321. The first-order valence-corrected chi connectivity index (χ1v) is 4.62. The van der Waals surface area contributed by atoms with E-state index in [1.165, 1.54) is 0 Å². The Labute approximate surface area is 79.6 Å². The summed E-state index contributed by atoms with van der Waals surface area (Å²) in [5.74, 6) is 1.37. The van der Waals surface area contributed by atoms with Gasteiger partial charge < -0.3 is 5.32 Å². The summed E-state index contributed by atoms with van der Waals surface area (Å²) in [6.45, 7) is 6.27. The van der Waals surface area contributed by atoms with Crippen molar-refractivity contribution in [3.63, 3.8) is 0 Å². The van der Waals surface area contributed by atoms with E-state index >= 15 is 0 Å². The topological polar surface area (TPSA) is 37.8 Å². The molecule has 1 rings (SSSR count). The van der Waals surface area contributed by atoms with Crippen LogP contribution in [0, 0.1) is 12.8 Å². The Morgan fingerprint density at radius 3 is 2.54 bits per heavy atom. The summed E-state index contributed by atoms with van der Waals surface area (Å²) in [4.78, 5) is 8.47. The van der Waals surface area contributed by atoms with E-state index < -0.39 is 0 Å². The second-order valence-corrected chi connectivity index (χ2v) is 3.54. The van der Waals surface area contributed by atoms with E-state index in [4.69, 9.17) is 0 Å². The van der Waals surface area contributed by atoms with Crippen LogP contribution < -0.4 is 5.32 Å². The van der Waals surface area contributed by atoms with Gasteiger partial charge in [-0.1, -0.05) is 13.8 Å². The molecule has 1 atom stereocenters. The lowest BCUT2D eigenvalue weighted by Crippen LogP contribution is -2.23. The summed E-state index contributed by atoms with van der Waals surface area (Å²) in [5.41, 5.74) is 1.07. The molecule has 0 saturated carbocycles. The maximum absolute atomic E-state index is 4.39. The minimum Gasteiger partial charge on any atom is -0.311 e. The fourth-order valence-electron chi connectivity index (χ4n) is 1.47. The molecule has 1 aromatic rings. The van der Waals surface area contributed by atoms with Crippen LogP contribution in [0.15, 0.2) is 12.3 Å². The van der Waals surface area contributed by atoms with Gasteiger partial charge in [-0.25, -0.2) is 9.97 Å². The number of nitrogens with one attached hydrogen (secondary N) is 1. The third-order valence-electron chi connectivity index (χ3n) is 2.09. The Hall–Kier alpha value is -0.960. The monoisotopic (exact) mass is 179 g/mol. The summed E-state index contributed by atoms with van der Waals surface area (Å²) in [7, 11) is 1.96. The van der Waals surface area contributed by atoms with Gasteiger partial charge in [0, 0.05) is 6.20 Å². The zero-order valence-corrected chi connectivity index (χ0v) is 8.70. The van der Waals surface area contributed by atoms with Gasteiger partial charge in [-0.05, 0) is 26.0 Å². The average Bonchev–Trinajstić information content (AvgIpc) is 2.04. The molecule has 1 heterocycles. The zero-order valence-electron chi connectivity index (χ0n) is 8.70. The number of hydrogen-bond acceptors (Lipinski definition) is 3. The summed E-state index contributed by atoms with van der Waals surface area (Å²) in [6, 6.07) is 2.29. The average molecular weight is 179 g/mol. The summed E-state index contributed by atoms with van der Waals surface area (Å²) in [6.07, 6.45) is 1.81. The first-order chi connectivity index (χ1) is 6.15. The highest BCUT2D eigenvalue weighted by Crippen LogP contribution is 2.18. The maximum Gasteiger partial charge on any atom is 0.125 e. The predicted octanol–water partition coefficient (Wildman–Crippen LogP) is 1.70. The predicted molar refractivity (Wildman–Crippen MR) is 53.4 cm³/mol. The molecule has 0 radical (unpaired) electrons. The van der Waals surface area contributed by atoms with Gasteiger partial charge in [0.05, 0.1) is 11.7 Å². The third-order valence-corrected chi connectivity index (χ3v) is 2.09. The van der Waals surface area contributed by atoms with Crippen molar-refractivity contribution in [1.29, 1.82) is 0 Å². The fourth-order valence-corrected chi connectivity index (χ4v) is 1.47. The molecule has 1 aromatic heterocycles. The van der Waals surface area contributed by atoms with Crippen molar-refractivity contribution in [1.82, 2.24) is 15.3 Å². The lowest BCUT2D eigenvalue weighted by atomic mass is 10.0. The van der Waals surface area contributed by atoms with E-state index in [9.17, 15) is 0 Å². The Kier molecular flexibility index (Phi) is 3.37. The third kappa shape index (κ3) is 2.49. The lowest BCUT2D eigenvalue weighted by molar-refractivity contribution is 0.432. The van der Waals surface area contributed by atoms with Crippen molar-refractivity contribution in [3.8, 4) is 0 Å². The smallest absolute Gasteiger partial charge is 0.125 e. The number of aryl methyl sites for hydroxylation is 1. The standard InChI is InChI=1S/C10H17N3/c1-7(2)10(11-4)9-5-6-12-8(3)13-9/h5-7,10-11H,1-4H3. The van der Waals surface area contributed by atoms with Crippen LogP contribution in [0.4, 0.5) is 0 Å². The Balaban J connectivity index is 2.91. The zero-order chi connectivity index (χ0) is 9.84. The van der Waals surface area contributed by atoms with Crippen LogP contribution in [-0.4, -0.2) is 17.0 Å². The van der Waals surface area contributed by atoms with Crippen molar-refractivity contribution >= 4 is 0 Å². The maximum atomic E-state index is 4.39. The first-order valence-electron chi connectivity index (χ1n) is 4.62. The lowest BCUT2D eigenvalue weighted by Gasteiger charge is -2.19. The summed E-state index contributed by atoms with van der Waals surface area (Å²) >= 11 is 0.